The minimum Gasteiger partial charge on any atom is -0.382 e. The van der Waals surface area contributed by atoms with Gasteiger partial charge in [0.2, 0.25) is 0 Å². The molecule has 4 nitrogen and oxygen atoms in total. The Kier molecular flexibility index (Phi) is 3.65. The molecule has 0 saturated carbocycles. The second-order valence-corrected chi connectivity index (χ2v) is 5.30. The monoisotopic (exact) mass is 288 g/mol. The van der Waals surface area contributed by atoms with Gasteiger partial charge in [0.05, 0.1) is 5.69 Å². The highest BCUT2D eigenvalue weighted by molar-refractivity contribution is 6.30. The Morgan fingerprint density at radius 1 is 1.00 bits per heavy atom. The quantitative estimate of drug-likeness (QED) is 0.923. The fourth-order valence-electron chi connectivity index (χ4n) is 2.55. The van der Waals surface area contributed by atoms with Gasteiger partial charge in [-0.05, 0) is 30.3 Å². The number of nitrogen functional groups attached to an aromatic ring is 1. The van der Waals surface area contributed by atoms with Crippen LogP contribution >= 0.6 is 11.6 Å². The smallest absolute Gasteiger partial charge is 0.146 e. The maximum Gasteiger partial charge on any atom is 0.146 e. The molecule has 0 bridgehead atoms. The normalized spacial score (nSPS) is 15.4. The molecule has 1 aliphatic rings. The SMILES string of the molecule is Nc1ncccc1N1CCN(c2cccc(Cl)c2)CC1. The Balaban J connectivity index is 1.70. The predicted molar refractivity (Wildman–Crippen MR) is 84.5 cm³/mol. The zero-order valence-electron chi connectivity index (χ0n) is 11.2. The molecule has 20 heavy (non-hydrogen) atoms. The number of rotatable bonds is 2. The number of halogens is 1. The lowest BCUT2D eigenvalue weighted by molar-refractivity contribution is 0.653. The van der Waals surface area contributed by atoms with Crippen molar-refractivity contribution in [2.75, 3.05) is 41.7 Å². The van der Waals surface area contributed by atoms with E-state index in [1.54, 1.807) is 6.20 Å². The summed E-state index contributed by atoms with van der Waals surface area (Å²) in [5, 5.41) is 0.779. The molecular formula is C15H17ClN4. The molecule has 2 N–H and O–H groups in total. The number of nitrogens with two attached hydrogens (primary N) is 1. The number of benzene rings is 1. The Morgan fingerprint density at radius 3 is 2.45 bits per heavy atom. The van der Waals surface area contributed by atoms with E-state index in [-0.39, 0.29) is 0 Å². The van der Waals surface area contributed by atoms with E-state index in [4.69, 9.17) is 17.3 Å². The van der Waals surface area contributed by atoms with Crippen molar-refractivity contribution < 1.29 is 0 Å². The lowest BCUT2D eigenvalue weighted by Crippen LogP contribution is -2.46. The topological polar surface area (TPSA) is 45.4 Å². The Labute approximate surface area is 123 Å². The maximum absolute atomic E-state index is 6.05. The maximum atomic E-state index is 6.05. The molecule has 1 aromatic carbocycles. The van der Waals surface area contributed by atoms with Crippen molar-refractivity contribution in [3.8, 4) is 0 Å². The van der Waals surface area contributed by atoms with Gasteiger partial charge in [0, 0.05) is 43.1 Å². The van der Waals surface area contributed by atoms with Crippen LogP contribution < -0.4 is 15.5 Å². The molecule has 2 heterocycles. The fraction of sp³-hybridized carbons (Fsp3) is 0.267. The molecule has 0 radical (unpaired) electrons. The van der Waals surface area contributed by atoms with Crippen molar-refractivity contribution in [1.82, 2.24) is 4.98 Å². The third-order valence-corrected chi connectivity index (χ3v) is 3.85. The van der Waals surface area contributed by atoms with Crippen LogP contribution in [0.25, 0.3) is 0 Å². The third kappa shape index (κ3) is 2.65. The van der Waals surface area contributed by atoms with Gasteiger partial charge in [-0.2, -0.15) is 0 Å². The van der Waals surface area contributed by atoms with Crippen molar-refractivity contribution in [3.05, 3.63) is 47.6 Å². The summed E-state index contributed by atoms with van der Waals surface area (Å²) in [5.41, 5.74) is 8.14. The van der Waals surface area contributed by atoms with Crippen LogP contribution in [0.3, 0.4) is 0 Å². The highest BCUT2D eigenvalue weighted by atomic mass is 35.5. The van der Waals surface area contributed by atoms with Crippen molar-refractivity contribution in [2.45, 2.75) is 0 Å². The first kappa shape index (κ1) is 13.1. The molecule has 0 spiro atoms. The number of anilines is 3. The van der Waals surface area contributed by atoms with Crippen LogP contribution in [0.15, 0.2) is 42.6 Å². The third-order valence-electron chi connectivity index (χ3n) is 3.61. The van der Waals surface area contributed by atoms with Gasteiger partial charge in [0.15, 0.2) is 0 Å². The summed E-state index contributed by atoms with van der Waals surface area (Å²) in [6.45, 7) is 3.77. The van der Waals surface area contributed by atoms with Crippen LogP contribution in [0.5, 0.6) is 0 Å². The summed E-state index contributed by atoms with van der Waals surface area (Å²) in [6, 6.07) is 11.9. The number of hydrogen-bond donors (Lipinski definition) is 1. The van der Waals surface area contributed by atoms with Gasteiger partial charge in [-0.15, -0.1) is 0 Å². The van der Waals surface area contributed by atoms with Crippen molar-refractivity contribution >= 4 is 28.8 Å². The fourth-order valence-corrected chi connectivity index (χ4v) is 2.74. The van der Waals surface area contributed by atoms with Crippen molar-refractivity contribution in [2.24, 2.45) is 0 Å². The minimum atomic E-state index is 0.601. The molecule has 0 atom stereocenters. The van der Waals surface area contributed by atoms with Crippen LogP contribution in [0, 0.1) is 0 Å². The second-order valence-electron chi connectivity index (χ2n) is 4.86. The molecule has 1 aromatic heterocycles. The first-order chi connectivity index (χ1) is 9.74. The molecule has 3 rings (SSSR count). The summed E-state index contributed by atoms with van der Waals surface area (Å²) in [7, 11) is 0. The molecule has 5 heteroatoms. The first-order valence-electron chi connectivity index (χ1n) is 6.70. The van der Waals surface area contributed by atoms with E-state index < -0.39 is 0 Å². The zero-order valence-corrected chi connectivity index (χ0v) is 11.9. The Morgan fingerprint density at radius 2 is 1.75 bits per heavy atom. The molecule has 0 unspecified atom stereocenters. The van der Waals surface area contributed by atoms with Crippen LogP contribution in [0.1, 0.15) is 0 Å². The number of pyridine rings is 1. The van der Waals surface area contributed by atoms with Gasteiger partial charge in [-0.25, -0.2) is 4.98 Å². The average Bonchev–Trinajstić information content (AvgIpc) is 2.48. The summed E-state index contributed by atoms with van der Waals surface area (Å²) in [5.74, 6) is 0.601. The lowest BCUT2D eigenvalue weighted by Gasteiger charge is -2.37. The molecule has 0 amide bonds. The van der Waals surface area contributed by atoms with Gasteiger partial charge in [-0.3, -0.25) is 0 Å². The van der Waals surface area contributed by atoms with Gasteiger partial charge in [0.25, 0.3) is 0 Å². The van der Waals surface area contributed by atoms with E-state index >= 15 is 0 Å². The van der Waals surface area contributed by atoms with Gasteiger partial charge < -0.3 is 15.5 Å². The Bertz CT molecular complexity index is 594. The van der Waals surface area contributed by atoms with E-state index in [9.17, 15) is 0 Å². The van der Waals surface area contributed by atoms with Gasteiger partial charge >= 0.3 is 0 Å². The van der Waals surface area contributed by atoms with Crippen molar-refractivity contribution in [3.63, 3.8) is 0 Å². The minimum absolute atomic E-state index is 0.601. The predicted octanol–water partition coefficient (Wildman–Crippen LogP) is 2.64. The average molecular weight is 289 g/mol. The van der Waals surface area contributed by atoms with Crippen LogP contribution in [-0.4, -0.2) is 31.2 Å². The number of aromatic nitrogens is 1. The van der Waals surface area contributed by atoms with Crippen LogP contribution in [0.2, 0.25) is 5.02 Å². The zero-order chi connectivity index (χ0) is 13.9. The molecule has 0 aliphatic carbocycles. The van der Waals surface area contributed by atoms with Crippen molar-refractivity contribution in [1.29, 1.82) is 0 Å². The molecule has 2 aromatic rings. The summed E-state index contributed by atoms with van der Waals surface area (Å²) < 4.78 is 0. The number of nitrogens with zero attached hydrogens (tertiary/aromatic N) is 3. The summed E-state index contributed by atoms with van der Waals surface area (Å²) in [6.07, 6.45) is 1.72. The molecule has 1 aliphatic heterocycles. The largest absolute Gasteiger partial charge is 0.382 e. The molecule has 1 fully saturated rings. The highest BCUT2D eigenvalue weighted by Crippen LogP contribution is 2.25. The number of piperazine rings is 1. The lowest BCUT2D eigenvalue weighted by atomic mass is 10.2. The van der Waals surface area contributed by atoms with E-state index in [0.717, 1.165) is 36.9 Å². The molecular weight excluding hydrogens is 272 g/mol. The van der Waals surface area contributed by atoms with Crippen LogP contribution in [-0.2, 0) is 0 Å². The highest BCUT2D eigenvalue weighted by Gasteiger charge is 2.19. The Hall–Kier alpha value is -1.94. The first-order valence-corrected chi connectivity index (χ1v) is 7.08. The summed E-state index contributed by atoms with van der Waals surface area (Å²) in [4.78, 5) is 8.77. The number of hydrogen-bond acceptors (Lipinski definition) is 4. The second kappa shape index (κ2) is 5.59. The van der Waals surface area contributed by atoms with E-state index in [1.807, 2.05) is 30.3 Å². The van der Waals surface area contributed by atoms with E-state index in [2.05, 4.69) is 20.9 Å². The van der Waals surface area contributed by atoms with Gasteiger partial charge in [0.1, 0.15) is 5.82 Å². The standard InChI is InChI=1S/C15H17ClN4/c16-12-3-1-4-13(11-12)19-7-9-20(10-8-19)14-5-2-6-18-15(14)17/h1-6,11H,7-10H2,(H2,17,18). The summed E-state index contributed by atoms with van der Waals surface area (Å²) >= 11 is 6.05. The van der Waals surface area contributed by atoms with Crippen LogP contribution in [0.4, 0.5) is 17.2 Å². The van der Waals surface area contributed by atoms with E-state index in [0.29, 0.717) is 5.82 Å². The molecule has 104 valence electrons. The van der Waals surface area contributed by atoms with Gasteiger partial charge in [-0.1, -0.05) is 17.7 Å². The molecule has 1 saturated heterocycles. The van der Waals surface area contributed by atoms with E-state index in [1.165, 1.54) is 5.69 Å².